The first-order valence-corrected chi connectivity index (χ1v) is 12.4. The van der Waals surface area contributed by atoms with Gasteiger partial charge in [0, 0.05) is 25.3 Å². The molecule has 0 atom stereocenters. The van der Waals surface area contributed by atoms with Crippen molar-refractivity contribution in [1.29, 1.82) is 5.26 Å². The Bertz CT molecular complexity index is 1430. The second-order valence-electron chi connectivity index (χ2n) is 7.03. The number of ether oxygens (including phenoxy) is 1. The van der Waals surface area contributed by atoms with Crippen molar-refractivity contribution in [1.82, 2.24) is 4.57 Å². The number of hydrogen-bond donors (Lipinski definition) is 0. The summed E-state index contributed by atoms with van der Waals surface area (Å²) < 4.78 is 33.4. The number of nitriles is 1. The summed E-state index contributed by atoms with van der Waals surface area (Å²) in [5.41, 5.74) is 1.28. The third kappa shape index (κ3) is 5.19. The summed E-state index contributed by atoms with van der Waals surface area (Å²) in [5.74, 6) is 0. The summed E-state index contributed by atoms with van der Waals surface area (Å²) in [7, 11) is -2.56. The predicted molar refractivity (Wildman–Crippen MR) is 127 cm³/mol. The second kappa shape index (κ2) is 10.3. The highest BCUT2D eigenvalue weighted by Gasteiger charge is 2.24. The van der Waals surface area contributed by atoms with Crippen LogP contribution < -0.4 is 14.8 Å². The van der Waals surface area contributed by atoms with E-state index in [1.807, 2.05) is 13.0 Å². The Labute approximate surface area is 195 Å². The van der Waals surface area contributed by atoms with Gasteiger partial charge in [-0.3, -0.25) is 9.36 Å². The molecule has 0 N–H and O–H groups in total. The standard InChI is InChI=1S/C23H21ClN2O4S2/c1-16-4-10-19(11-5-16)32(28,29)21(15-25)23-26(12-3-13-30-2)22(27)20(31-23)14-17-6-8-18(24)9-7-17/h4-11,14H,3,12-13H2,1-2H3. The summed E-state index contributed by atoms with van der Waals surface area (Å²) in [6.07, 6.45) is 2.15. The van der Waals surface area contributed by atoms with E-state index < -0.39 is 14.7 Å². The van der Waals surface area contributed by atoms with Gasteiger partial charge in [0.1, 0.15) is 10.7 Å². The molecule has 6 nitrogen and oxygen atoms in total. The molecule has 0 fully saturated rings. The summed E-state index contributed by atoms with van der Waals surface area (Å²) in [4.78, 5) is 12.7. The van der Waals surface area contributed by atoms with Crippen molar-refractivity contribution in [3.63, 3.8) is 0 Å². The molecule has 0 spiro atoms. The molecule has 0 radical (unpaired) electrons. The molecule has 3 aromatic rings. The van der Waals surface area contributed by atoms with E-state index in [2.05, 4.69) is 0 Å². The van der Waals surface area contributed by atoms with Gasteiger partial charge in [0.05, 0.1) is 9.43 Å². The fraction of sp³-hybridized carbons (Fsp3) is 0.217. The van der Waals surface area contributed by atoms with E-state index in [1.54, 1.807) is 49.6 Å². The van der Waals surface area contributed by atoms with Gasteiger partial charge in [-0.2, -0.15) is 5.26 Å². The number of sulfone groups is 1. The maximum Gasteiger partial charge on any atom is 0.269 e. The first-order valence-electron chi connectivity index (χ1n) is 9.70. The lowest BCUT2D eigenvalue weighted by atomic mass is 10.2. The molecule has 0 saturated carbocycles. The highest BCUT2D eigenvalue weighted by molar-refractivity contribution is 8.00. The maximum absolute atomic E-state index is 13.3. The fourth-order valence-corrected chi connectivity index (χ4v) is 5.82. The average molecular weight is 489 g/mol. The third-order valence-corrected chi connectivity index (χ3v) is 7.93. The lowest BCUT2D eigenvalue weighted by Crippen LogP contribution is -2.33. The monoisotopic (exact) mass is 488 g/mol. The van der Waals surface area contributed by atoms with E-state index >= 15 is 0 Å². The number of hydrogen-bond acceptors (Lipinski definition) is 6. The molecule has 0 aliphatic carbocycles. The summed E-state index contributed by atoms with van der Waals surface area (Å²) in [6.45, 7) is 2.46. The normalized spacial score (nSPS) is 13.1. The maximum atomic E-state index is 13.3. The Morgan fingerprint density at radius 1 is 1.19 bits per heavy atom. The molecule has 1 aromatic heterocycles. The molecule has 0 amide bonds. The molecule has 166 valence electrons. The first-order chi connectivity index (χ1) is 15.3. The number of rotatable bonds is 7. The Morgan fingerprint density at radius 2 is 1.84 bits per heavy atom. The fourth-order valence-electron chi connectivity index (χ4n) is 3.03. The highest BCUT2D eigenvalue weighted by atomic mass is 35.5. The van der Waals surface area contributed by atoms with E-state index in [-0.39, 0.29) is 21.7 Å². The minimum absolute atomic E-state index is 0.00664. The van der Waals surface area contributed by atoms with Gasteiger partial charge >= 0.3 is 0 Å². The van der Waals surface area contributed by atoms with Crippen molar-refractivity contribution >= 4 is 43.8 Å². The van der Waals surface area contributed by atoms with Crippen LogP contribution in [0.15, 0.2) is 58.2 Å². The van der Waals surface area contributed by atoms with Crippen molar-refractivity contribution in [2.24, 2.45) is 0 Å². The highest BCUT2D eigenvalue weighted by Crippen LogP contribution is 2.19. The van der Waals surface area contributed by atoms with Crippen molar-refractivity contribution in [3.8, 4) is 6.07 Å². The summed E-state index contributed by atoms with van der Waals surface area (Å²) >= 11 is 6.91. The van der Waals surface area contributed by atoms with Gasteiger partial charge in [0.25, 0.3) is 5.56 Å². The van der Waals surface area contributed by atoms with Crippen molar-refractivity contribution in [2.45, 2.75) is 24.8 Å². The van der Waals surface area contributed by atoms with Crippen LogP contribution in [0.25, 0.3) is 11.0 Å². The van der Waals surface area contributed by atoms with Crippen LogP contribution in [0, 0.1) is 18.3 Å². The van der Waals surface area contributed by atoms with Crippen LogP contribution >= 0.6 is 22.9 Å². The first kappa shape index (κ1) is 24.0. The van der Waals surface area contributed by atoms with E-state index in [0.717, 1.165) is 22.5 Å². The van der Waals surface area contributed by atoms with Crippen LogP contribution in [-0.4, -0.2) is 26.7 Å². The lowest BCUT2D eigenvalue weighted by Gasteiger charge is -2.05. The molecule has 3 rings (SSSR count). The zero-order valence-corrected chi connectivity index (χ0v) is 19.9. The minimum Gasteiger partial charge on any atom is -0.385 e. The quantitative estimate of drug-likeness (QED) is 0.477. The van der Waals surface area contributed by atoms with Crippen molar-refractivity contribution in [2.75, 3.05) is 13.7 Å². The SMILES string of the molecule is COCCCn1c(=C(C#N)S(=O)(=O)c2ccc(C)cc2)sc(=Cc2ccc(Cl)cc2)c1=O. The van der Waals surface area contributed by atoms with Crippen LogP contribution in [-0.2, 0) is 21.1 Å². The lowest BCUT2D eigenvalue weighted by molar-refractivity contribution is 0.190. The Balaban J connectivity index is 2.29. The van der Waals surface area contributed by atoms with Crippen LogP contribution in [0.2, 0.25) is 5.02 Å². The molecular formula is C23H21ClN2O4S2. The van der Waals surface area contributed by atoms with Crippen molar-refractivity contribution in [3.05, 3.63) is 84.2 Å². The molecule has 32 heavy (non-hydrogen) atoms. The summed E-state index contributed by atoms with van der Waals surface area (Å²) in [6, 6.07) is 15.0. The van der Waals surface area contributed by atoms with E-state index in [1.165, 1.54) is 16.7 Å². The van der Waals surface area contributed by atoms with Crippen LogP contribution in [0.3, 0.4) is 0 Å². The van der Waals surface area contributed by atoms with Crippen LogP contribution in [0.4, 0.5) is 0 Å². The van der Waals surface area contributed by atoms with Crippen molar-refractivity contribution < 1.29 is 13.2 Å². The molecule has 9 heteroatoms. The molecule has 0 aliphatic rings. The van der Waals surface area contributed by atoms with Gasteiger partial charge in [0.2, 0.25) is 9.84 Å². The minimum atomic E-state index is -4.11. The number of thiazole rings is 1. The van der Waals surface area contributed by atoms with Gasteiger partial charge in [0.15, 0.2) is 4.91 Å². The molecular weight excluding hydrogens is 468 g/mol. The van der Waals surface area contributed by atoms with Crippen LogP contribution in [0.1, 0.15) is 17.5 Å². The number of benzene rings is 2. The van der Waals surface area contributed by atoms with Gasteiger partial charge < -0.3 is 4.74 Å². The molecule has 0 aliphatic heterocycles. The molecule has 1 heterocycles. The molecule has 0 unspecified atom stereocenters. The van der Waals surface area contributed by atoms with Crippen LogP contribution in [0.5, 0.6) is 0 Å². The number of halogens is 1. The zero-order chi connectivity index (χ0) is 23.3. The molecule has 2 aromatic carbocycles. The number of methoxy groups -OCH3 is 1. The van der Waals surface area contributed by atoms with Gasteiger partial charge in [-0.1, -0.05) is 41.4 Å². The van der Waals surface area contributed by atoms with Gasteiger partial charge in [-0.05, 0) is 49.2 Å². The Morgan fingerprint density at radius 3 is 2.44 bits per heavy atom. The molecule has 0 saturated heterocycles. The zero-order valence-electron chi connectivity index (χ0n) is 17.5. The predicted octanol–water partition coefficient (Wildman–Crippen LogP) is 2.84. The van der Waals surface area contributed by atoms with E-state index in [9.17, 15) is 18.5 Å². The smallest absolute Gasteiger partial charge is 0.269 e. The topological polar surface area (TPSA) is 89.2 Å². The van der Waals surface area contributed by atoms with E-state index in [0.29, 0.717) is 22.6 Å². The summed E-state index contributed by atoms with van der Waals surface area (Å²) in [5, 5.41) is 10.4. The molecule has 0 bridgehead atoms. The number of nitrogens with zero attached hydrogens (tertiary/aromatic N) is 2. The largest absolute Gasteiger partial charge is 0.385 e. The van der Waals surface area contributed by atoms with Gasteiger partial charge in [-0.25, -0.2) is 8.42 Å². The Hall–Kier alpha value is -2.70. The number of aromatic nitrogens is 1. The van der Waals surface area contributed by atoms with E-state index in [4.69, 9.17) is 16.3 Å². The number of aryl methyl sites for hydroxylation is 1. The average Bonchev–Trinajstić information content (AvgIpc) is 3.06. The second-order valence-corrected chi connectivity index (χ2v) is 10.4. The van der Waals surface area contributed by atoms with Gasteiger partial charge in [-0.15, -0.1) is 11.3 Å². The Kier molecular flexibility index (Phi) is 7.69. The third-order valence-electron chi connectivity index (χ3n) is 4.70.